The second kappa shape index (κ2) is 11.0. The van der Waals surface area contributed by atoms with E-state index in [1.54, 1.807) is 6.92 Å². The van der Waals surface area contributed by atoms with Crippen LogP contribution in [-0.4, -0.2) is 36.3 Å². The molecule has 0 saturated carbocycles. The minimum Gasteiger partial charge on any atom is -0.479 e. The summed E-state index contributed by atoms with van der Waals surface area (Å²) in [5, 5.41) is 12.2. The molecule has 0 saturated heterocycles. The summed E-state index contributed by atoms with van der Waals surface area (Å²) in [4.78, 5) is 35.1. The maximum atomic E-state index is 11.6. The molecule has 0 spiro atoms. The van der Waals surface area contributed by atoms with Gasteiger partial charge in [0.25, 0.3) is 0 Å². The number of benzene rings is 1. The molecule has 1 aromatic heterocycles. The van der Waals surface area contributed by atoms with E-state index < -0.39 is 18.0 Å². The summed E-state index contributed by atoms with van der Waals surface area (Å²) in [6.07, 6.45) is 1.60. The zero-order valence-electron chi connectivity index (χ0n) is 16.6. The number of halogens is 1. The first-order chi connectivity index (χ1) is 14.3. The van der Waals surface area contributed by atoms with Crippen molar-refractivity contribution in [3.63, 3.8) is 0 Å². The Bertz CT molecular complexity index is 913. The van der Waals surface area contributed by atoms with Crippen molar-refractivity contribution in [1.29, 1.82) is 0 Å². The van der Waals surface area contributed by atoms with Gasteiger partial charge in [-0.1, -0.05) is 37.6 Å². The van der Waals surface area contributed by atoms with Gasteiger partial charge in [0, 0.05) is 0 Å². The lowest BCUT2D eigenvalue weighted by molar-refractivity contribution is -0.145. The van der Waals surface area contributed by atoms with Crippen molar-refractivity contribution in [2.24, 2.45) is 5.73 Å². The van der Waals surface area contributed by atoms with Crippen LogP contribution in [0, 0.1) is 0 Å². The minimum absolute atomic E-state index is 0.0236. The molecule has 0 aliphatic heterocycles. The molecule has 0 fully saturated rings. The average molecular weight is 499 g/mol. The Labute approximate surface area is 186 Å². The van der Waals surface area contributed by atoms with Crippen LogP contribution in [0.4, 0.5) is 4.79 Å². The summed E-state index contributed by atoms with van der Waals surface area (Å²) in [6.45, 7) is 3.50. The number of nitrogens with one attached hydrogen (secondary N) is 1. The summed E-state index contributed by atoms with van der Waals surface area (Å²) < 4.78 is 10.7. The van der Waals surface area contributed by atoms with Crippen molar-refractivity contribution in [2.45, 2.75) is 32.7 Å². The van der Waals surface area contributed by atoms with Crippen molar-refractivity contribution in [1.82, 2.24) is 5.32 Å². The highest BCUT2D eigenvalue weighted by atomic mass is 79.9. The molecule has 2 amide bonds. The number of primary amides is 1. The first-order valence-electron chi connectivity index (χ1n) is 9.28. The number of carbonyl (C=O) groups excluding carboxylic acids is 2. The van der Waals surface area contributed by atoms with E-state index in [1.165, 1.54) is 0 Å². The van der Waals surface area contributed by atoms with Gasteiger partial charge in [0.1, 0.15) is 0 Å². The zero-order valence-corrected chi connectivity index (χ0v) is 19.0. The molecular formula is C20H23BrN2O6S. The Morgan fingerprint density at radius 3 is 2.43 bits per heavy atom. The Morgan fingerprint density at radius 2 is 1.90 bits per heavy atom. The van der Waals surface area contributed by atoms with Gasteiger partial charge in [-0.2, -0.15) is 0 Å². The van der Waals surface area contributed by atoms with Crippen LogP contribution in [0.1, 0.15) is 48.0 Å². The van der Waals surface area contributed by atoms with Gasteiger partial charge >= 0.3 is 18.0 Å². The molecule has 30 heavy (non-hydrogen) atoms. The molecule has 162 valence electrons. The van der Waals surface area contributed by atoms with E-state index in [9.17, 15) is 19.5 Å². The number of carbonyl (C=O) groups is 3. The number of hydrogen-bond donors (Lipinski definition) is 3. The maximum absolute atomic E-state index is 11.6. The van der Waals surface area contributed by atoms with Gasteiger partial charge in [-0.25, -0.2) is 14.4 Å². The van der Waals surface area contributed by atoms with Crippen LogP contribution >= 0.6 is 27.3 Å². The SMILES string of the molecule is CCCC(NC(N)=O)c1ccc(-c2sc(C(=O)O)c(OCC(=O)OCC)c2Br)cc1. The molecule has 0 aliphatic carbocycles. The van der Waals surface area contributed by atoms with Crippen molar-refractivity contribution >= 4 is 45.2 Å². The molecule has 4 N–H and O–H groups in total. The lowest BCUT2D eigenvalue weighted by atomic mass is 10.0. The smallest absolute Gasteiger partial charge is 0.349 e. The summed E-state index contributed by atoms with van der Waals surface area (Å²) >= 11 is 4.43. The number of hydrogen-bond acceptors (Lipinski definition) is 6. The highest BCUT2D eigenvalue weighted by Crippen LogP contribution is 2.45. The van der Waals surface area contributed by atoms with Crippen molar-refractivity contribution < 1.29 is 29.0 Å². The largest absolute Gasteiger partial charge is 0.479 e. The number of aromatic carboxylic acids is 1. The van der Waals surface area contributed by atoms with Crippen molar-refractivity contribution in [3.05, 3.63) is 39.2 Å². The fourth-order valence-corrected chi connectivity index (χ4v) is 4.73. The normalized spacial score (nSPS) is 11.6. The van der Waals surface area contributed by atoms with Crippen molar-refractivity contribution in [2.75, 3.05) is 13.2 Å². The van der Waals surface area contributed by atoms with Gasteiger partial charge in [-0.3, -0.25) is 0 Å². The van der Waals surface area contributed by atoms with E-state index >= 15 is 0 Å². The van der Waals surface area contributed by atoms with Gasteiger partial charge < -0.3 is 25.6 Å². The van der Waals surface area contributed by atoms with Crippen LogP contribution in [-0.2, 0) is 9.53 Å². The molecular weight excluding hydrogens is 476 g/mol. The molecule has 1 atom stereocenters. The van der Waals surface area contributed by atoms with Gasteiger partial charge in [-0.05, 0) is 40.4 Å². The molecule has 0 bridgehead atoms. The highest BCUT2D eigenvalue weighted by molar-refractivity contribution is 9.10. The number of carboxylic acids is 1. The minimum atomic E-state index is -1.16. The first-order valence-corrected chi connectivity index (χ1v) is 10.9. The van der Waals surface area contributed by atoms with Crippen LogP contribution in [0.2, 0.25) is 0 Å². The van der Waals surface area contributed by atoms with Crippen LogP contribution in [0.5, 0.6) is 5.75 Å². The molecule has 8 nitrogen and oxygen atoms in total. The molecule has 10 heteroatoms. The maximum Gasteiger partial charge on any atom is 0.349 e. The summed E-state index contributed by atoms with van der Waals surface area (Å²) in [7, 11) is 0. The van der Waals surface area contributed by atoms with Gasteiger partial charge in [0.2, 0.25) is 0 Å². The highest BCUT2D eigenvalue weighted by Gasteiger charge is 2.24. The quantitative estimate of drug-likeness (QED) is 0.418. The fourth-order valence-electron chi connectivity index (χ4n) is 2.83. The molecule has 1 aromatic carbocycles. The Balaban J connectivity index is 2.32. The summed E-state index contributed by atoms with van der Waals surface area (Å²) in [6, 6.07) is 6.59. The Morgan fingerprint density at radius 1 is 1.23 bits per heavy atom. The van der Waals surface area contributed by atoms with Crippen LogP contribution in [0.3, 0.4) is 0 Å². The second-order valence-corrected chi connectivity index (χ2v) is 8.09. The fraction of sp³-hybridized carbons (Fsp3) is 0.350. The predicted molar refractivity (Wildman–Crippen MR) is 117 cm³/mol. The number of ether oxygens (including phenoxy) is 2. The first kappa shape index (κ1) is 23.7. The Kier molecular flexibility index (Phi) is 8.67. The number of carboxylic acid groups (broad SMARTS) is 1. The topological polar surface area (TPSA) is 128 Å². The van der Waals surface area contributed by atoms with Gasteiger partial charge in [0.05, 0.1) is 22.0 Å². The van der Waals surface area contributed by atoms with Gasteiger partial charge in [-0.15, -0.1) is 11.3 Å². The Hall–Kier alpha value is -2.59. The lowest BCUT2D eigenvalue weighted by Crippen LogP contribution is -2.33. The van der Waals surface area contributed by atoms with Crippen molar-refractivity contribution in [3.8, 4) is 16.2 Å². The van der Waals surface area contributed by atoms with Gasteiger partial charge in [0.15, 0.2) is 17.2 Å². The number of rotatable bonds is 10. The van der Waals surface area contributed by atoms with Crippen LogP contribution in [0.25, 0.3) is 10.4 Å². The predicted octanol–water partition coefficient (Wildman–Crippen LogP) is 4.33. The number of nitrogens with two attached hydrogens (primary N) is 1. The zero-order chi connectivity index (χ0) is 22.3. The summed E-state index contributed by atoms with van der Waals surface area (Å²) in [5.74, 6) is -1.66. The van der Waals surface area contributed by atoms with Crippen LogP contribution in [0.15, 0.2) is 28.7 Å². The lowest BCUT2D eigenvalue weighted by Gasteiger charge is -2.17. The third-order valence-corrected chi connectivity index (χ3v) is 6.34. The molecule has 2 rings (SSSR count). The van der Waals surface area contributed by atoms with E-state index in [0.717, 1.165) is 35.3 Å². The number of esters is 1. The van der Waals surface area contributed by atoms with E-state index in [4.69, 9.17) is 15.2 Å². The molecule has 0 radical (unpaired) electrons. The number of amides is 2. The van der Waals surface area contributed by atoms with E-state index in [1.807, 2.05) is 31.2 Å². The molecule has 0 aliphatic rings. The molecule has 2 aromatic rings. The summed E-state index contributed by atoms with van der Waals surface area (Å²) in [5.41, 5.74) is 6.92. The van der Waals surface area contributed by atoms with E-state index in [-0.39, 0.29) is 29.9 Å². The number of thiophene rings is 1. The number of urea groups is 1. The third-order valence-electron chi connectivity index (χ3n) is 4.11. The monoisotopic (exact) mass is 498 g/mol. The molecule has 1 heterocycles. The van der Waals surface area contributed by atoms with Crippen LogP contribution < -0.4 is 15.8 Å². The standard InChI is InChI=1S/C20H23BrN2O6S/c1-3-5-13(23-20(22)27)11-6-8-12(9-7-11)17-15(21)16(18(30-17)19(25)26)29-10-14(24)28-4-2/h6-9,13H,3-5,10H2,1-2H3,(H,25,26)(H3,22,23,27). The third kappa shape index (κ3) is 5.96. The second-order valence-electron chi connectivity index (χ2n) is 6.27. The molecule has 1 unspecified atom stereocenters. The van der Waals surface area contributed by atoms with E-state index in [0.29, 0.717) is 9.35 Å². The average Bonchev–Trinajstić information content (AvgIpc) is 3.03. The van der Waals surface area contributed by atoms with E-state index in [2.05, 4.69) is 21.2 Å².